The molecule has 3 aromatic rings. The molecule has 2 heterocycles. The van der Waals surface area contributed by atoms with Gasteiger partial charge in [-0.05, 0) is 48.5 Å². The number of nitrogens with one attached hydrogen (secondary N) is 3. The van der Waals surface area contributed by atoms with Crippen molar-refractivity contribution in [2.75, 3.05) is 21.6 Å². The molecule has 1 aliphatic heterocycles. The lowest BCUT2D eigenvalue weighted by Gasteiger charge is -2.29. The zero-order chi connectivity index (χ0) is 20.6. The highest BCUT2D eigenvalue weighted by molar-refractivity contribution is 7.92. The third-order valence-corrected chi connectivity index (χ3v) is 6.23. The summed E-state index contributed by atoms with van der Waals surface area (Å²) in [6.07, 6.45) is 1.52. The summed E-state index contributed by atoms with van der Waals surface area (Å²) < 4.78 is 33.0. The first-order valence-corrected chi connectivity index (χ1v) is 10.3. The average Bonchev–Trinajstić information content (AvgIpc) is 3.18. The summed E-state index contributed by atoms with van der Waals surface area (Å²) in [4.78, 5) is 1.62. The fraction of sp³-hybridized carbons (Fsp3) is 0.0526. The van der Waals surface area contributed by atoms with Crippen molar-refractivity contribution in [1.82, 2.24) is 0 Å². The molecule has 10 heteroatoms. The van der Waals surface area contributed by atoms with E-state index in [1.54, 1.807) is 35.2 Å². The Bertz CT molecular complexity index is 1250. The van der Waals surface area contributed by atoms with Crippen molar-refractivity contribution >= 4 is 44.7 Å². The summed E-state index contributed by atoms with van der Waals surface area (Å²) in [6, 6.07) is 14.2. The Kier molecular flexibility index (Phi) is 4.66. The second-order valence-corrected chi connectivity index (χ2v) is 8.24. The number of nitrogens with zero attached hydrogens (tertiary/aromatic N) is 2. The van der Waals surface area contributed by atoms with Gasteiger partial charge in [-0.15, -0.1) is 0 Å². The normalized spacial score (nSPS) is 13.4. The topological polar surface area (TPSA) is 122 Å². The van der Waals surface area contributed by atoms with Gasteiger partial charge in [0.25, 0.3) is 10.0 Å². The minimum atomic E-state index is -3.92. The predicted octanol–water partition coefficient (Wildman–Crippen LogP) is 3.82. The Morgan fingerprint density at radius 3 is 2.66 bits per heavy atom. The number of hydrogen-bond donors (Lipinski definition) is 3. The number of anilines is 3. The SMILES string of the molecule is N#Cc1ccc(S(=O)(=O)Nc2ccc(N3CNc4occc4C3=N)cc2)c(Cl)c1. The molecule has 2 aromatic carbocycles. The number of furan rings is 1. The van der Waals surface area contributed by atoms with Gasteiger partial charge in [0.05, 0.1) is 35.2 Å². The van der Waals surface area contributed by atoms with Gasteiger partial charge in [-0.25, -0.2) is 8.42 Å². The number of benzene rings is 2. The van der Waals surface area contributed by atoms with Crippen LogP contribution < -0.4 is 14.9 Å². The van der Waals surface area contributed by atoms with Gasteiger partial charge in [-0.3, -0.25) is 10.1 Å². The first-order chi connectivity index (χ1) is 13.9. The van der Waals surface area contributed by atoms with Gasteiger partial charge in [0.1, 0.15) is 10.7 Å². The first-order valence-electron chi connectivity index (χ1n) is 8.39. The van der Waals surface area contributed by atoms with Gasteiger partial charge in [0, 0.05) is 11.4 Å². The van der Waals surface area contributed by atoms with Crippen molar-refractivity contribution < 1.29 is 12.8 Å². The van der Waals surface area contributed by atoms with Gasteiger partial charge in [0.2, 0.25) is 5.88 Å². The molecule has 0 bridgehead atoms. The maximum atomic E-state index is 12.6. The fourth-order valence-electron chi connectivity index (χ4n) is 2.94. The quantitative estimate of drug-likeness (QED) is 0.581. The maximum Gasteiger partial charge on any atom is 0.263 e. The lowest BCUT2D eigenvalue weighted by atomic mass is 10.2. The Morgan fingerprint density at radius 1 is 1.21 bits per heavy atom. The summed E-state index contributed by atoms with van der Waals surface area (Å²) in [6.45, 7) is 0.352. The van der Waals surface area contributed by atoms with Crippen molar-refractivity contribution in [3.05, 3.63) is 70.9 Å². The Balaban J connectivity index is 1.54. The van der Waals surface area contributed by atoms with Gasteiger partial charge >= 0.3 is 0 Å². The van der Waals surface area contributed by atoms with Gasteiger partial charge in [-0.2, -0.15) is 5.26 Å². The van der Waals surface area contributed by atoms with E-state index >= 15 is 0 Å². The van der Waals surface area contributed by atoms with E-state index < -0.39 is 10.0 Å². The summed E-state index contributed by atoms with van der Waals surface area (Å²) >= 11 is 6.02. The van der Waals surface area contributed by atoms with Crippen LogP contribution in [0.2, 0.25) is 5.02 Å². The van der Waals surface area contributed by atoms with Crippen LogP contribution in [0.5, 0.6) is 0 Å². The fourth-order valence-corrected chi connectivity index (χ4v) is 4.54. The van der Waals surface area contributed by atoms with E-state index in [2.05, 4.69) is 10.0 Å². The Hall–Kier alpha value is -3.48. The molecule has 0 atom stereocenters. The molecule has 3 N–H and O–H groups in total. The molecular weight excluding hydrogens is 414 g/mol. The van der Waals surface area contributed by atoms with E-state index in [0.717, 1.165) is 0 Å². The van der Waals surface area contributed by atoms with Crippen molar-refractivity contribution in [3.63, 3.8) is 0 Å². The minimum absolute atomic E-state index is 0.0306. The highest BCUT2D eigenvalue weighted by Crippen LogP contribution is 2.29. The average molecular weight is 428 g/mol. The number of rotatable bonds is 4. The Labute approximate surface area is 171 Å². The minimum Gasteiger partial charge on any atom is -0.448 e. The van der Waals surface area contributed by atoms with Crippen molar-refractivity contribution in [2.45, 2.75) is 4.90 Å². The van der Waals surface area contributed by atoms with Crippen LogP contribution in [-0.4, -0.2) is 20.9 Å². The molecule has 4 rings (SSSR count). The highest BCUT2D eigenvalue weighted by Gasteiger charge is 2.24. The van der Waals surface area contributed by atoms with Crippen molar-refractivity contribution in [2.24, 2.45) is 0 Å². The molecule has 0 radical (unpaired) electrons. The summed E-state index contributed by atoms with van der Waals surface area (Å²) in [5.74, 6) is 0.833. The van der Waals surface area contributed by atoms with E-state index in [1.807, 2.05) is 6.07 Å². The largest absolute Gasteiger partial charge is 0.448 e. The van der Waals surface area contributed by atoms with E-state index in [-0.39, 0.29) is 21.3 Å². The zero-order valence-electron chi connectivity index (χ0n) is 14.8. The van der Waals surface area contributed by atoms with E-state index in [4.69, 9.17) is 26.7 Å². The second-order valence-electron chi connectivity index (χ2n) is 6.18. The van der Waals surface area contributed by atoms with Crippen LogP contribution in [-0.2, 0) is 10.0 Å². The monoisotopic (exact) mass is 427 g/mol. The number of sulfonamides is 1. The van der Waals surface area contributed by atoms with Crippen molar-refractivity contribution in [1.29, 1.82) is 10.7 Å². The van der Waals surface area contributed by atoms with Gasteiger partial charge in [-0.1, -0.05) is 11.6 Å². The third-order valence-electron chi connectivity index (χ3n) is 4.37. The molecular formula is C19H14ClN5O3S. The Morgan fingerprint density at radius 2 is 1.97 bits per heavy atom. The molecule has 1 aromatic heterocycles. The maximum absolute atomic E-state index is 12.6. The number of amidine groups is 1. The molecule has 0 spiro atoms. The van der Waals surface area contributed by atoms with E-state index in [1.165, 1.54) is 24.5 Å². The second kappa shape index (κ2) is 7.16. The van der Waals surface area contributed by atoms with Crippen LogP contribution in [0.25, 0.3) is 0 Å². The summed E-state index contributed by atoms with van der Waals surface area (Å²) in [7, 11) is -3.92. The molecule has 0 amide bonds. The van der Waals surface area contributed by atoms with Crippen LogP contribution >= 0.6 is 11.6 Å². The summed E-state index contributed by atoms with van der Waals surface area (Å²) in [5.41, 5.74) is 1.98. The third kappa shape index (κ3) is 3.51. The molecule has 29 heavy (non-hydrogen) atoms. The van der Waals surface area contributed by atoms with Crippen LogP contribution in [0, 0.1) is 16.7 Å². The lowest BCUT2D eigenvalue weighted by molar-refractivity contribution is 0.577. The molecule has 8 nitrogen and oxygen atoms in total. The smallest absolute Gasteiger partial charge is 0.263 e. The standard InChI is InChI=1S/C19H14ClN5O3S/c20-16-9-12(10-21)1-6-17(16)29(26,27)24-13-2-4-14(5-3-13)25-11-23-19-15(18(25)22)7-8-28-19/h1-9,22-24H,11H2. The van der Waals surface area contributed by atoms with Crippen LogP contribution in [0.4, 0.5) is 17.3 Å². The first kappa shape index (κ1) is 18.9. The molecule has 0 saturated heterocycles. The van der Waals surface area contributed by atoms with E-state index in [0.29, 0.717) is 29.5 Å². The molecule has 0 fully saturated rings. The van der Waals surface area contributed by atoms with Crippen LogP contribution in [0.15, 0.2) is 64.1 Å². The number of halogens is 1. The van der Waals surface area contributed by atoms with Crippen LogP contribution in [0.3, 0.4) is 0 Å². The molecule has 0 saturated carbocycles. The van der Waals surface area contributed by atoms with Crippen molar-refractivity contribution in [3.8, 4) is 6.07 Å². The lowest BCUT2D eigenvalue weighted by Crippen LogP contribution is -2.39. The van der Waals surface area contributed by atoms with E-state index in [9.17, 15) is 8.42 Å². The van der Waals surface area contributed by atoms with Gasteiger partial charge < -0.3 is 14.6 Å². The van der Waals surface area contributed by atoms with Crippen LogP contribution in [0.1, 0.15) is 11.1 Å². The van der Waals surface area contributed by atoms with Gasteiger partial charge in [0.15, 0.2) is 0 Å². The molecule has 1 aliphatic rings. The number of fused-ring (bicyclic) bond motifs is 1. The highest BCUT2D eigenvalue weighted by atomic mass is 35.5. The molecule has 0 unspecified atom stereocenters. The summed E-state index contributed by atoms with van der Waals surface area (Å²) in [5, 5.41) is 20.3. The molecule has 146 valence electrons. The molecule has 0 aliphatic carbocycles. The number of hydrogen-bond acceptors (Lipinski definition) is 6. The number of nitriles is 1. The predicted molar refractivity (Wildman–Crippen MR) is 110 cm³/mol. The zero-order valence-corrected chi connectivity index (χ0v) is 16.4.